The molecule has 0 radical (unpaired) electrons. The van der Waals surface area contributed by atoms with Crippen molar-refractivity contribution in [1.82, 2.24) is 10.2 Å². The van der Waals surface area contributed by atoms with Crippen LogP contribution < -0.4 is 5.32 Å². The average Bonchev–Trinajstić information content (AvgIpc) is 2.73. The smallest absolute Gasteiger partial charge is 0.335 e. The van der Waals surface area contributed by atoms with Crippen LogP contribution >= 0.6 is 0 Å². The van der Waals surface area contributed by atoms with Gasteiger partial charge in [0.25, 0.3) is 0 Å². The summed E-state index contributed by atoms with van der Waals surface area (Å²) >= 11 is 0. The highest BCUT2D eigenvalue weighted by molar-refractivity contribution is 5.76. The maximum absolute atomic E-state index is 13.1. The molecule has 2 amide bonds. The van der Waals surface area contributed by atoms with Crippen molar-refractivity contribution in [2.45, 2.75) is 56.8 Å². The maximum Gasteiger partial charge on any atom is 0.416 e. The van der Waals surface area contributed by atoms with E-state index in [-0.39, 0.29) is 18.1 Å². The largest absolute Gasteiger partial charge is 0.416 e. The topological polar surface area (TPSA) is 32.3 Å². The first-order valence-electron chi connectivity index (χ1n) is 10.3. The van der Waals surface area contributed by atoms with E-state index in [1.807, 2.05) is 24.3 Å². The number of hydrogen-bond donors (Lipinski definition) is 1. The van der Waals surface area contributed by atoms with E-state index in [1.54, 1.807) is 4.90 Å². The Morgan fingerprint density at radius 1 is 0.966 bits per heavy atom. The summed E-state index contributed by atoms with van der Waals surface area (Å²) in [4.78, 5) is 14.9. The monoisotopic (exact) mass is 402 g/mol. The first kappa shape index (κ1) is 19.8. The number of halogens is 3. The molecule has 1 atom stereocenters. The molecule has 154 valence electrons. The summed E-state index contributed by atoms with van der Waals surface area (Å²) in [5, 5.41) is 3.16. The summed E-state index contributed by atoms with van der Waals surface area (Å²) in [6, 6.07) is 12.7. The van der Waals surface area contributed by atoms with Gasteiger partial charge in [0, 0.05) is 12.6 Å². The van der Waals surface area contributed by atoms with Crippen molar-refractivity contribution in [3.05, 3.63) is 70.8 Å². The quantitative estimate of drug-likeness (QED) is 0.687. The predicted octanol–water partition coefficient (Wildman–Crippen LogP) is 5.70. The van der Waals surface area contributed by atoms with Gasteiger partial charge >= 0.3 is 12.2 Å². The van der Waals surface area contributed by atoms with E-state index in [1.165, 1.54) is 18.6 Å². The highest BCUT2D eigenvalue weighted by Gasteiger charge is 2.34. The molecule has 1 aliphatic carbocycles. The van der Waals surface area contributed by atoms with Crippen LogP contribution in [0.2, 0.25) is 0 Å². The van der Waals surface area contributed by atoms with Gasteiger partial charge in [0.1, 0.15) is 0 Å². The second kappa shape index (κ2) is 8.09. The van der Waals surface area contributed by atoms with E-state index in [0.29, 0.717) is 12.1 Å². The van der Waals surface area contributed by atoms with Gasteiger partial charge in [0.15, 0.2) is 0 Å². The molecule has 1 aliphatic heterocycles. The van der Waals surface area contributed by atoms with E-state index < -0.39 is 11.7 Å². The number of hydrogen-bond acceptors (Lipinski definition) is 1. The van der Waals surface area contributed by atoms with Crippen LogP contribution in [0.25, 0.3) is 0 Å². The van der Waals surface area contributed by atoms with Crippen molar-refractivity contribution in [2.24, 2.45) is 0 Å². The molecule has 2 aromatic rings. The minimum atomic E-state index is -4.37. The molecule has 2 aromatic carbocycles. The van der Waals surface area contributed by atoms with E-state index in [0.717, 1.165) is 55.4 Å². The molecule has 4 rings (SSSR count). The number of fused-ring (bicyclic) bond motifs is 1. The van der Waals surface area contributed by atoms with Crippen LogP contribution in [-0.2, 0) is 12.6 Å². The third kappa shape index (κ3) is 4.26. The number of alkyl halides is 3. The third-order valence-electron chi connectivity index (χ3n) is 6.03. The molecule has 6 heteroatoms. The molecule has 2 aliphatic rings. The second-order valence-corrected chi connectivity index (χ2v) is 7.95. The maximum atomic E-state index is 13.1. The van der Waals surface area contributed by atoms with Crippen LogP contribution in [0.5, 0.6) is 0 Å². The molecule has 0 spiro atoms. The predicted molar refractivity (Wildman–Crippen MR) is 106 cm³/mol. The summed E-state index contributed by atoms with van der Waals surface area (Å²) in [5.74, 6) is 0. The van der Waals surface area contributed by atoms with Gasteiger partial charge in [-0.25, -0.2) is 4.79 Å². The number of rotatable bonds is 2. The number of carbonyl (C=O) groups is 1. The summed E-state index contributed by atoms with van der Waals surface area (Å²) < 4.78 is 39.0. The summed E-state index contributed by atoms with van der Waals surface area (Å²) in [6.45, 7) is 0.543. The number of urea groups is 1. The SMILES string of the molecule is O=C(NC1CCCCC1)N1CCc2ccccc2[C@H]1c1ccc(C(F)(F)F)cc1. The Labute approximate surface area is 168 Å². The molecule has 0 bridgehead atoms. The zero-order valence-corrected chi connectivity index (χ0v) is 16.2. The third-order valence-corrected chi connectivity index (χ3v) is 6.03. The lowest BCUT2D eigenvalue weighted by atomic mass is 9.88. The van der Waals surface area contributed by atoms with Crippen molar-refractivity contribution in [3.63, 3.8) is 0 Å². The molecule has 0 aromatic heterocycles. The van der Waals surface area contributed by atoms with Crippen molar-refractivity contribution in [2.75, 3.05) is 6.54 Å². The Hall–Kier alpha value is -2.50. The Bertz CT molecular complexity index is 857. The van der Waals surface area contributed by atoms with Crippen molar-refractivity contribution >= 4 is 6.03 Å². The number of carbonyl (C=O) groups excluding carboxylic acids is 1. The minimum absolute atomic E-state index is 0.128. The van der Waals surface area contributed by atoms with Crippen LogP contribution in [0.4, 0.5) is 18.0 Å². The Kier molecular flexibility index (Phi) is 5.52. The standard InChI is InChI=1S/C23H25F3N2O/c24-23(25,26)18-12-10-17(11-13-18)21-20-9-5-4-6-16(20)14-15-28(21)22(29)27-19-7-2-1-3-8-19/h4-6,9-13,19,21H,1-3,7-8,14-15H2,(H,27,29)/t21-/m1/s1. The minimum Gasteiger partial charge on any atom is -0.335 e. The number of benzene rings is 2. The first-order valence-corrected chi connectivity index (χ1v) is 10.3. The fourth-order valence-corrected chi connectivity index (χ4v) is 4.50. The number of amides is 2. The van der Waals surface area contributed by atoms with Crippen LogP contribution in [0.3, 0.4) is 0 Å². The molecular formula is C23H25F3N2O. The zero-order valence-electron chi connectivity index (χ0n) is 16.2. The molecule has 3 nitrogen and oxygen atoms in total. The van der Waals surface area contributed by atoms with Crippen molar-refractivity contribution in [3.8, 4) is 0 Å². The normalized spacial score (nSPS) is 20.2. The van der Waals surface area contributed by atoms with E-state index in [4.69, 9.17) is 0 Å². The zero-order chi connectivity index (χ0) is 20.4. The lowest BCUT2D eigenvalue weighted by Gasteiger charge is -2.39. The van der Waals surface area contributed by atoms with Gasteiger partial charge in [-0.05, 0) is 48.1 Å². The number of nitrogens with one attached hydrogen (secondary N) is 1. The Morgan fingerprint density at radius 3 is 2.34 bits per heavy atom. The number of nitrogens with zero attached hydrogens (tertiary/aromatic N) is 1. The van der Waals surface area contributed by atoms with E-state index in [9.17, 15) is 18.0 Å². The van der Waals surface area contributed by atoms with Gasteiger partial charge < -0.3 is 10.2 Å². The molecular weight excluding hydrogens is 377 g/mol. The second-order valence-electron chi connectivity index (χ2n) is 7.95. The fraction of sp³-hybridized carbons (Fsp3) is 0.435. The van der Waals surface area contributed by atoms with Gasteiger partial charge in [-0.15, -0.1) is 0 Å². The molecule has 0 unspecified atom stereocenters. The molecule has 0 saturated heterocycles. The van der Waals surface area contributed by atoms with Gasteiger partial charge in [-0.1, -0.05) is 55.7 Å². The van der Waals surface area contributed by atoms with Gasteiger partial charge in [0.2, 0.25) is 0 Å². The molecule has 1 heterocycles. The van der Waals surface area contributed by atoms with Gasteiger partial charge in [-0.2, -0.15) is 13.2 Å². The molecule has 29 heavy (non-hydrogen) atoms. The van der Waals surface area contributed by atoms with E-state index in [2.05, 4.69) is 5.32 Å². The summed E-state index contributed by atoms with van der Waals surface area (Å²) in [5.41, 5.74) is 2.14. The highest BCUT2D eigenvalue weighted by Crippen LogP contribution is 2.37. The average molecular weight is 402 g/mol. The van der Waals surface area contributed by atoms with Crippen LogP contribution in [-0.4, -0.2) is 23.5 Å². The van der Waals surface area contributed by atoms with Crippen molar-refractivity contribution < 1.29 is 18.0 Å². The first-order chi connectivity index (χ1) is 13.9. The van der Waals surface area contributed by atoms with Crippen LogP contribution in [0, 0.1) is 0 Å². The lowest BCUT2D eigenvalue weighted by molar-refractivity contribution is -0.137. The van der Waals surface area contributed by atoms with Crippen LogP contribution in [0.1, 0.15) is 60.4 Å². The van der Waals surface area contributed by atoms with E-state index >= 15 is 0 Å². The summed E-state index contributed by atoms with van der Waals surface area (Å²) in [7, 11) is 0. The summed E-state index contributed by atoms with van der Waals surface area (Å²) in [6.07, 6.45) is 1.79. The van der Waals surface area contributed by atoms with Gasteiger partial charge in [-0.3, -0.25) is 0 Å². The molecule has 1 N–H and O–H groups in total. The Balaban J connectivity index is 1.64. The fourth-order valence-electron chi connectivity index (χ4n) is 4.50. The molecule has 1 fully saturated rings. The highest BCUT2D eigenvalue weighted by atomic mass is 19.4. The lowest BCUT2D eigenvalue weighted by Crippen LogP contribution is -2.49. The van der Waals surface area contributed by atoms with Gasteiger partial charge in [0.05, 0.1) is 11.6 Å². The van der Waals surface area contributed by atoms with Crippen molar-refractivity contribution in [1.29, 1.82) is 0 Å². The van der Waals surface area contributed by atoms with Crippen LogP contribution in [0.15, 0.2) is 48.5 Å². The Morgan fingerprint density at radius 2 is 1.66 bits per heavy atom. The molecule has 1 saturated carbocycles.